The van der Waals surface area contributed by atoms with E-state index < -0.39 is 5.41 Å². The lowest BCUT2D eigenvalue weighted by atomic mass is 9.91. The van der Waals surface area contributed by atoms with Gasteiger partial charge in [-0.2, -0.15) is 5.10 Å². The standard InChI is InChI=1S/C26H25N3O2S/c1-26(2,3)22(30)16-23-28(4)25(31)21(32-23)15-19-17-29(20-13-9-6-10-14-20)27-24(19)18-11-7-5-8-12-18/h5-17H,1-4H3/b21-15+,23-16-. The second kappa shape index (κ2) is 8.55. The Morgan fingerprint density at radius 3 is 2.25 bits per heavy atom. The van der Waals surface area contributed by atoms with Gasteiger partial charge in [-0.15, -0.1) is 11.3 Å². The Labute approximate surface area is 190 Å². The Morgan fingerprint density at radius 1 is 1.00 bits per heavy atom. The molecule has 0 saturated heterocycles. The van der Waals surface area contributed by atoms with Crippen LogP contribution >= 0.6 is 11.3 Å². The minimum atomic E-state index is -0.499. The number of benzene rings is 2. The monoisotopic (exact) mass is 443 g/mol. The van der Waals surface area contributed by atoms with E-state index in [1.807, 2.05) is 98.4 Å². The molecule has 0 spiro atoms. The molecule has 2 aromatic heterocycles. The molecule has 0 unspecified atom stereocenters. The van der Waals surface area contributed by atoms with E-state index in [1.165, 1.54) is 15.9 Å². The third kappa shape index (κ3) is 4.41. The molecule has 0 radical (unpaired) electrons. The van der Waals surface area contributed by atoms with Gasteiger partial charge in [0.15, 0.2) is 5.78 Å². The van der Waals surface area contributed by atoms with Gasteiger partial charge in [0.2, 0.25) is 0 Å². The van der Waals surface area contributed by atoms with Crippen molar-refractivity contribution in [3.63, 3.8) is 0 Å². The molecule has 2 aromatic carbocycles. The van der Waals surface area contributed by atoms with Crippen LogP contribution in [0.4, 0.5) is 0 Å². The normalized spacial score (nSPS) is 13.0. The first-order valence-corrected chi connectivity index (χ1v) is 11.2. The summed E-state index contributed by atoms with van der Waals surface area (Å²) in [4.78, 5) is 25.4. The second-order valence-corrected chi connectivity index (χ2v) is 9.71. The topological polar surface area (TPSA) is 56.9 Å². The fourth-order valence-corrected chi connectivity index (χ4v) is 4.23. The number of carbonyl (C=O) groups is 1. The molecule has 0 aliphatic heterocycles. The first-order valence-electron chi connectivity index (χ1n) is 10.4. The van der Waals surface area contributed by atoms with Crippen molar-refractivity contribution in [1.82, 2.24) is 14.3 Å². The lowest BCUT2D eigenvalue weighted by Gasteiger charge is -2.12. The van der Waals surface area contributed by atoms with E-state index in [0.717, 1.165) is 22.5 Å². The van der Waals surface area contributed by atoms with Gasteiger partial charge < -0.3 is 4.57 Å². The zero-order valence-electron chi connectivity index (χ0n) is 18.6. The second-order valence-electron chi connectivity index (χ2n) is 8.65. The van der Waals surface area contributed by atoms with Crippen LogP contribution in [-0.4, -0.2) is 20.1 Å². The molecule has 4 aromatic rings. The molecule has 6 heteroatoms. The Morgan fingerprint density at radius 2 is 1.62 bits per heavy atom. The fraction of sp³-hybridized carbons (Fsp3) is 0.192. The molecule has 4 rings (SSSR count). The van der Waals surface area contributed by atoms with Crippen molar-refractivity contribution in [3.05, 3.63) is 92.0 Å². The minimum Gasteiger partial charge on any atom is -0.302 e. The van der Waals surface area contributed by atoms with E-state index in [9.17, 15) is 9.59 Å². The Balaban J connectivity index is 1.90. The number of aromatic nitrogens is 3. The van der Waals surface area contributed by atoms with Crippen molar-refractivity contribution >= 4 is 29.3 Å². The average molecular weight is 444 g/mol. The summed E-state index contributed by atoms with van der Waals surface area (Å²) in [6.45, 7) is 5.61. The van der Waals surface area contributed by atoms with Gasteiger partial charge in [0.25, 0.3) is 5.56 Å². The maximum atomic E-state index is 12.9. The number of hydrogen-bond acceptors (Lipinski definition) is 4. The van der Waals surface area contributed by atoms with Crippen LogP contribution < -0.4 is 14.8 Å². The molecular formula is C26H25N3O2S. The molecule has 0 atom stereocenters. The van der Waals surface area contributed by atoms with Crippen molar-refractivity contribution in [3.8, 4) is 16.9 Å². The minimum absolute atomic E-state index is 0.0113. The lowest BCUT2D eigenvalue weighted by molar-refractivity contribution is -0.120. The van der Waals surface area contributed by atoms with E-state index in [4.69, 9.17) is 5.10 Å². The number of ketones is 1. The van der Waals surface area contributed by atoms with Gasteiger partial charge in [-0.05, 0) is 18.2 Å². The van der Waals surface area contributed by atoms with Crippen LogP contribution in [0, 0.1) is 5.41 Å². The molecule has 32 heavy (non-hydrogen) atoms. The van der Waals surface area contributed by atoms with Crippen LogP contribution in [0.15, 0.2) is 71.7 Å². The largest absolute Gasteiger partial charge is 0.302 e. The van der Waals surface area contributed by atoms with Gasteiger partial charge in [-0.25, -0.2) is 4.68 Å². The number of Topliss-reactive ketones (excluding diaryl/α,β-unsaturated/α-hetero) is 1. The van der Waals surface area contributed by atoms with E-state index in [0.29, 0.717) is 9.20 Å². The highest BCUT2D eigenvalue weighted by Crippen LogP contribution is 2.24. The molecule has 0 bridgehead atoms. The first kappa shape index (κ1) is 21.7. The highest BCUT2D eigenvalue weighted by atomic mass is 32.1. The molecule has 0 aliphatic rings. The zero-order valence-corrected chi connectivity index (χ0v) is 19.4. The molecular weight excluding hydrogens is 418 g/mol. The Bertz CT molecular complexity index is 1440. The van der Waals surface area contributed by atoms with Crippen LogP contribution in [0.25, 0.3) is 29.1 Å². The number of para-hydroxylation sites is 1. The van der Waals surface area contributed by atoms with Crippen molar-refractivity contribution in [2.24, 2.45) is 12.5 Å². The van der Waals surface area contributed by atoms with E-state index in [-0.39, 0.29) is 11.3 Å². The summed E-state index contributed by atoms with van der Waals surface area (Å²) in [5, 5.41) is 4.81. The lowest BCUT2D eigenvalue weighted by Crippen LogP contribution is -2.30. The van der Waals surface area contributed by atoms with Gasteiger partial charge in [0.1, 0.15) is 4.66 Å². The predicted molar refractivity (Wildman–Crippen MR) is 130 cm³/mol. The van der Waals surface area contributed by atoms with Crippen molar-refractivity contribution in [1.29, 1.82) is 0 Å². The maximum absolute atomic E-state index is 12.9. The number of thiazole rings is 1. The number of hydrogen-bond donors (Lipinski definition) is 0. The summed E-state index contributed by atoms with van der Waals surface area (Å²) < 4.78 is 4.55. The third-order valence-corrected chi connectivity index (χ3v) is 6.26. The van der Waals surface area contributed by atoms with Crippen LogP contribution in [-0.2, 0) is 11.8 Å². The summed E-state index contributed by atoms with van der Waals surface area (Å²) in [5.74, 6) is -0.0113. The van der Waals surface area contributed by atoms with Crippen molar-refractivity contribution in [2.75, 3.05) is 0 Å². The van der Waals surface area contributed by atoms with Crippen molar-refractivity contribution in [2.45, 2.75) is 20.8 Å². The number of nitrogens with zero attached hydrogens (tertiary/aromatic N) is 3. The highest BCUT2D eigenvalue weighted by molar-refractivity contribution is 7.07. The van der Waals surface area contributed by atoms with E-state index >= 15 is 0 Å². The molecule has 0 amide bonds. The number of carbonyl (C=O) groups excluding carboxylic acids is 1. The summed E-state index contributed by atoms with van der Waals surface area (Å²) in [7, 11) is 1.70. The van der Waals surface area contributed by atoms with Gasteiger partial charge in [-0.1, -0.05) is 69.3 Å². The summed E-state index contributed by atoms with van der Waals surface area (Å²) >= 11 is 1.32. The van der Waals surface area contributed by atoms with E-state index in [1.54, 1.807) is 13.1 Å². The summed E-state index contributed by atoms with van der Waals surface area (Å²) in [6.07, 6.45) is 5.36. The highest BCUT2D eigenvalue weighted by Gasteiger charge is 2.19. The van der Waals surface area contributed by atoms with Crippen molar-refractivity contribution < 1.29 is 4.79 Å². The molecule has 0 N–H and O–H groups in total. The van der Waals surface area contributed by atoms with Gasteiger partial charge in [0.05, 0.1) is 15.9 Å². The predicted octanol–water partition coefficient (Wildman–Crippen LogP) is 3.52. The van der Waals surface area contributed by atoms with E-state index in [2.05, 4.69) is 0 Å². The number of rotatable bonds is 4. The van der Waals surface area contributed by atoms with Crippen LogP contribution in [0.1, 0.15) is 26.3 Å². The molecule has 0 fully saturated rings. The molecule has 162 valence electrons. The summed E-state index contributed by atoms with van der Waals surface area (Å²) in [5.41, 5.74) is 2.91. The molecule has 5 nitrogen and oxygen atoms in total. The molecule has 2 heterocycles. The first-order chi connectivity index (χ1) is 15.2. The van der Waals surface area contributed by atoms with Crippen LogP contribution in [0.5, 0.6) is 0 Å². The average Bonchev–Trinajstić information content (AvgIpc) is 3.31. The van der Waals surface area contributed by atoms with Gasteiger partial charge >= 0.3 is 0 Å². The van der Waals surface area contributed by atoms with Gasteiger partial charge in [-0.3, -0.25) is 9.59 Å². The fourth-order valence-electron chi connectivity index (χ4n) is 3.20. The zero-order chi connectivity index (χ0) is 22.9. The Kier molecular flexibility index (Phi) is 5.80. The quantitative estimate of drug-likeness (QED) is 0.485. The van der Waals surface area contributed by atoms with Crippen LogP contribution in [0.2, 0.25) is 0 Å². The Hall–Kier alpha value is -3.51. The SMILES string of the molecule is Cn1c(=O)/c(=C\c2cn(-c3ccccc3)nc2-c2ccccc2)s/c1=C\C(=O)C(C)(C)C. The molecule has 0 saturated carbocycles. The summed E-state index contributed by atoms with van der Waals surface area (Å²) in [6, 6.07) is 19.8. The maximum Gasteiger partial charge on any atom is 0.268 e. The molecule has 0 aliphatic carbocycles. The van der Waals surface area contributed by atoms with Crippen LogP contribution in [0.3, 0.4) is 0 Å². The van der Waals surface area contributed by atoms with Gasteiger partial charge in [0, 0.05) is 35.9 Å². The smallest absolute Gasteiger partial charge is 0.268 e. The third-order valence-electron chi connectivity index (χ3n) is 5.15.